The van der Waals surface area contributed by atoms with E-state index in [-0.39, 0.29) is 11.4 Å². The molecule has 1 aliphatic rings. The minimum Gasteiger partial charge on any atom is -0.478 e. The number of amides is 1. The monoisotopic (exact) mass is 274 g/mol. The number of aliphatic carboxylic acids is 1. The van der Waals surface area contributed by atoms with Crippen LogP contribution in [0.1, 0.15) is 31.2 Å². The van der Waals surface area contributed by atoms with Crippen LogP contribution in [0, 0.1) is 0 Å². The van der Waals surface area contributed by atoms with Crippen molar-refractivity contribution < 1.29 is 14.7 Å². The molecule has 0 unspecified atom stereocenters. The Morgan fingerprint density at radius 2 is 1.95 bits per heavy atom. The van der Waals surface area contributed by atoms with Crippen molar-refractivity contribution in [3.63, 3.8) is 0 Å². The molecular weight excluding hydrogens is 256 g/mol. The molecule has 0 spiro atoms. The van der Waals surface area contributed by atoms with E-state index in [0.717, 1.165) is 30.9 Å². The topological polar surface area (TPSA) is 92.4 Å². The van der Waals surface area contributed by atoms with Gasteiger partial charge in [0.1, 0.15) is 0 Å². The SMILES string of the molecule is NC1(CC(=O)Nc2ccc(/C=C/C(=O)O)cc2)CCC1. The summed E-state index contributed by atoms with van der Waals surface area (Å²) >= 11 is 0. The molecule has 5 nitrogen and oxygen atoms in total. The van der Waals surface area contributed by atoms with Crippen LogP contribution in [0.4, 0.5) is 5.69 Å². The molecule has 0 atom stereocenters. The van der Waals surface area contributed by atoms with Gasteiger partial charge >= 0.3 is 5.97 Å². The molecule has 106 valence electrons. The lowest BCUT2D eigenvalue weighted by Crippen LogP contribution is -2.48. The van der Waals surface area contributed by atoms with E-state index in [4.69, 9.17) is 10.8 Å². The zero-order chi connectivity index (χ0) is 14.6. The number of nitrogens with two attached hydrogens (primary N) is 1. The first-order valence-corrected chi connectivity index (χ1v) is 6.57. The highest BCUT2D eigenvalue weighted by atomic mass is 16.4. The number of nitrogens with one attached hydrogen (secondary N) is 1. The van der Waals surface area contributed by atoms with Crippen LogP contribution in [0.15, 0.2) is 30.3 Å². The number of carbonyl (C=O) groups excluding carboxylic acids is 1. The molecule has 0 saturated heterocycles. The predicted octanol–water partition coefficient (Wildman–Crippen LogP) is 1.99. The number of hydrogen-bond acceptors (Lipinski definition) is 3. The second-order valence-electron chi connectivity index (χ2n) is 5.23. The summed E-state index contributed by atoms with van der Waals surface area (Å²) in [5.41, 5.74) is 7.15. The van der Waals surface area contributed by atoms with Crippen LogP contribution in [0.25, 0.3) is 6.08 Å². The van der Waals surface area contributed by atoms with Crippen molar-refractivity contribution >= 4 is 23.6 Å². The maximum Gasteiger partial charge on any atom is 0.328 e. The lowest BCUT2D eigenvalue weighted by Gasteiger charge is -2.37. The molecule has 1 aromatic carbocycles. The van der Waals surface area contributed by atoms with Crippen molar-refractivity contribution in [2.24, 2.45) is 5.73 Å². The van der Waals surface area contributed by atoms with Crippen LogP contribution in [0.2, 0.25) is 0 Å². The number of carboxylic acid groups (broad SMARTS) is 1. The summed E-state index contributed by atoms with van der Waals surface area (Å²) in [6.07, 6.45) is 5.81. The summed E-state index contributed by atoms with van der Waals surface area (Å²) in [7, 11) is 0. The van der Waals surface area contributed by atoms with Crippen molar-refractivity contribution in [1.82, 2.24) is 0 Å². The van der Waals surface area contributed by atoms with Gasteiger partial charge in [0, 0.05) is 23.7 Å². The zero-order valence-corrected chi connectivity index (χ0v) is 11.1. The molecule has 0 aliphatic heterocycles. The molecule has 1 aliphatic carbocycles. The van der Waals surface area contributed by atoms with E-state index in [0.29, 0.717) is 12.1 Å². The van der Waals surface area contributed by atoms with E-state index in [1.807, 2.05) is 0 Å². The third-order valence-electron chi connectivity index (χ3n) is 3.47. The van der Waals surface area contributed by atoms with E-state index < -0.39 is 5.97 Å². The fourth-order valence-corrected chi connectivity index (χ4v) is 2.18. The molecule has 1 aromatic rings. The fraction of sp³-hybridized carbons (Fsp3) is 0.333. The normalized spacial score (nSPS) is 16.6. The number of anilines is 1. The van der Waals surface area contributed by atoms with E-state index in [1.165, 1.54) is 6.08 Å². The summed E-state index contributed by atoms with van der Waals surface area (Å²) in [6, 6.07) is 6.97. The molecule has 1 saturated carbocycles. The maximum absolute atomic E-state index is 11.8. The van der Waals surface area contributed by atoms with Crippen LogP contribution >= 0.6 is 0 Å². The van der Waals surface area contributed by atoms with Gasteiger partial charge in [-0.3, -0.25) is 4.79 Å². The van der Waals surface area contributed by atoms with Crippen molar-refractivity contribution in [3.8, 4) is 0 Å². The highest BCUT2D eigenvalue weighted by Gasteiger charge is 2.34. The summed E-state index contributed by atoms with van der Waals surface area (Å²) < 4.78 is 0. The number of hydrogen-bond donors (Lipinski definition) is 3. The second kappa shape index (κ2) is 5.88. The Bertz CT molecular complexity index is 531. The minimum atomic E-state index is -0.990. The van der Waals surface area contributed by atoms with Gasteiger partial charge in [-0.1, -0.05) is 12.1 Å². The fourth-order valence-electron chi connectivity index (χ4n) is 2.18. The van der Waals surface area contributed by atoms with Crippen molar-refractivity contribution in [1.29, 1.82) is 0 Å². The second-order valence-corrected chi connectivity index (χ2v) is 5.23. The quantitative estimate of drug-likeness (QED) is 0.716. The zero-order valence-electron chi connectivity index (χ0n) is 11.1. The van der Waals surface area contributed by atoms with Gasteiger partial charge in [-0.05, 0) is 43.0 Å². The Balaban J connectivity index is 1.90. The van der Waals surface area contributed by atoms with Crippen LogP contribution in [0.5, 0.6) is 0 Å². The highest BCUT2D eigenvalue weighted by molar-refractivity contribution is 5.91. The molecule has 20 heavy (non-hydrogen) atoms. The van der Waals surface area contributed by atoms with E-state index in [9.17, 15) is 9.59 Å². The predicted molar refractivity (Wildman–Crippen MR) is 77.1 cm³/mol. The van der Waals surface area contributed by atoms with Crippen LogP contribution < -0.4 is 11.1 Å². The first-order valence-electron chi connectivity index (χ1n) is 6.57. The molecular formula is C15H18N2O3. The molecule has 4 N–H and O–H groups in total. The van der Waals surface area contributed by atoms with E-state index >= 15 is 0 Å². The largest absolute Gasteiger partial charge is 0.478 e. The van der Waals surface area contributed by atoms with Crippen molar-refractivity contribution in [2.75, 3.05) is 5.32 Å². The number of carboxylic acids is 1. The molecule has 5 heteroatoms. The average Bonchev–Trinajstić information content (AvgIpc) is 2.36. The number of rotatable bonds is 5. The van der Waals surface area contributed by atoms with E-state index in [1.54, 1.807) is 24.3 Å². The molecule has 2 rings (SSSR count). The first-order chi connectivity index (χ1) is 9.47. The van der Waals surface area contributed by atoms with Gasteiger partial charge in [-0.15, -0.1) is 0 Å². The minimum absolute atomic E-state index is 0.0824. The number of benzene rings is 1. The van der Waals surface area contributed by atoms with Gasteiger partial charge in [0.2, 0.25) is 5.91 Å². The van der Waals surface area contributed by atoms with Gasteiger partial charge in [0.15, 0.2) is 0 Å². The van der Waals surface area contributed by atoms with E-state index in [2.05, 4.69) is 5.32 Å². The van der Waals surface area contributed by atoms with Crippen LogP contribution in [0.3, 0.4) is 0 Å². The van der Waals surface area contributed by atoms with Gasteiger partial charge in [-0.25, -0.2) is 4.79 Å². The third-order valence-corrected chi connectivity index (χ3v) is 3.47. The Hall–Kier alpha value is -2.14. The van der Waals surface area contributed by atoms with Gasteiger partial charge < -0.3 is 16.2 Å². The lowest BCUT2D eigenvalue weighted by atomic mass is 9.75. The standard InChI is InChI=1S/C15H18N2O3/c16-15(8-1-9-15)10-13(18)17-12-5-2-11(3-6-12)4-7-14(19)20/h2-7H,1,8-10,16H2,(H,17,18)(H,19,20)/b7-4+. The molecule has 0 bridgehead atoms. The molecule has 0 radical (unpaired) electrons. The molecule has 0 heterocycles. The Labute approximate surface area is 117 Å². The van der Waals surface area contributed by atoms with Gasteiger partial charge in [0.05, 0.1) is 0 Å². The molecule has 1 amide bonds. The average molecular weight is 274 g/mol. The number of carbonyl (C=O) groups is 2. The summed E-state index contributed by atoms with van der Waals surface area (Å²) in [4.78, 5) is 22.2. The lowest BCUT2D eigenvalue weighted by molar-refractivity contribution is -0.131. The highest BCUT2D eigenvalue weighted by Crippen LogP contribution is 2.32. The van der Waals surface area contributed by atoms with Crippen LogP contribution in [-0.2, 0) is 9.59 Å². The van der Waals surface area contributed by atoms with Gasteiger partial charge in [0.25, 0.3) is 0 Å². The Morgan fingerprint density at radius 3 is 2.45 bits per heavy atom. The summed E-state index contributed by atoms with van der Waals surface area (Å²) in [5.74, 6) is -1.07. The van der Waals surface area contributed by atoms with Crippen molar-refractivity contribution in [2.45, 2.75) is 31.2 Å². The Kier molecular flexibility index (Phi) is 4.20. The van der Waals surface area contributed by atoms with Gasteiger partial charge in [-0.2, -0.15) is 0 Å². The molecule has 1 fully saturated rings. The smallest absolute Gasteiger partial charge is 0.328 e. The first kappa shape index (κ1) is 14.3. The van der Waals surface area contributed by atoms with Crippen molar-refractivity contribution in [3.05, 3.63) is 35.9 Å². The summed E-state index contributed by atoms with van der Waals surface area (Å²) in [6.45, 7) is 0. The Morgan fingerprint density at radius 1 is 1.30 bits per heavy atom. The molecule has 0 aromatic heterocycles. The van der Waals surface area contributed by atoms with Crippen LogP contribution in [-0.4, -0.2) is 22.5 Å². The maximum atomic E-state index is 11.8. The third kappa shape index (κ3) is 3.93. The summed E-state index contributed by atoms with van der Waals surface area (Å²) in [5, 5.41) is 11.3.